The van der Waals surface area contributed by atoms with Crippen molar-refractivity contribution in [2.24, 2.45) is 5.73 Å². The van der Waals surface area contributed by atoms with Crippen LogP contribution in [0.2, 0.25) is 0 Å². The molecule has 0 aromatic carbocycles. The van der Waals surface area contributed by atoms with Crippen LogP contribution in [0.4, 0.5) is 0 Å². The molecule has 0 heterocycles. The zero-order valence-electron chi connectivity index (χ0n) is 5.71. The van der Waals surface area contributed by atoms with Gasteiger partial charge in [0.25, 0.3) is 0 Å². The van der Waals surface area contributed by atoms with Crippen molar-refractivity contribution in [3.8, 4) is 0 Å². The van der Waals surface area contributed by atoms with Gasteiger partial charge in [0.1, 0.15) is 6.04 Å². The minimum absolute atomic E-state index is 0.413. The average Bonchev–Trinajstić information content (AvgIpc) is 1.98. The lowest BCUT2D eigenvalue weighted by atomic mass is 10.2. The summed E-state index contributed by atoms with van der Waals surface area (Å²) in [7, 11) is 1.30. The van der Waals surface area contributed by atoms with Crippen molar-refractivity contribution in [2.45, 2.75) is 12.5 Å². The number of ether oxygens (including phenoxy) is 1. The van der Waals surface area contributed by atoms with E-state index in [1.54, 1.807) is 6.08 Å². The minimum Gasteiger partial charge on any atom is -0.468 e. The first-order chi connectivity index (χ1) is 4.72. The standard InChI is InChI=1S/C6H10ClNO2/c1-10-6(9)5(8)3-2-4-7/h2,4-5H,3,8H2,1H3/b4-2+. The molecular weight excluding hydrogens is 154 g/mol. The molecule has 1 atom stereocenters. The second kappa shape index (κ2) is 5.26. The van der Waals surface area contributed by atoms with Gasteiger partial charge in [-0.05, 0) is 6.42 Å². The van der Waals surface area contributed by atoms with Gasteiger partial charge in [0.15, 0.2) is 0 Å². The molecule has 0 aromatic heterocycles. The maximum absolute atomic E-state index is 10.6. The first-order valence-electron chi connectivity index (χ1n) is 2.81. The van der Waals surface area contributed by atoms with E-state index in [2.05, 4.69) is 4.74 Å². The fourth-order valence-electron chi connectivity index (χ4n) is 0.446. The third kappa shape index (κ3) is 3.48. The van der Waals surface area contributed by atoms with Gasteiger partial charge in [0, 0.05) is 5.54 Å². The lowest BCUT2D eigenvalue weighted by molar-refractivity contribution is -0.142. The van der Waals surface area contributed by atoms with Gasteiger partial charge in [-0.1, -0.05) is 17.7 Å². The first kappa shape index (κ1) is 9.46. The largest absolute Gasteiger partial charge is 0.468 e. The van der Waals surface area contributed by atoms with Crippen LogP contribution in [0, 0.1) is 0 Å². The van der Waals surface area contributed by atoms with Crippen molar-refractivity contribution in [1.82, 2.24) is 0 Å². The van der Waals surface area contributed by atoms with Crippen LogP contribution < -0.4 is 5.73 Å². The lowest BCUT2D eigenvalue weighted by Crippen LogP contribution is -2.30. The van der Waals surface area contributed by atoms with E-state index in [0.717, 1.165) is 0 Å². The fourth-order valence-corrected chi connectivity index (χ4v) is 0.549. The molecule has 0 radical (unpaired) electrons. The van der Waals surface area contributed by atoms with Crippen LogP contribution in [0.3, 0.4) is 0 Å². The Morgan fingerprint density at radius 3 is 2.90 bits per heavy atom. The maximum Gasteiger partial charge on any atom is 0.322 e. The molecule has 1 unspecified atom stereocenters. The number of hydrogen-bond donors (Lipinski definition) is 1. The van der Waals surface area contributed by atoms with Gasteiger partial charge in [0.05, 0.1) is 7.11 Å². The summed E-state index contributed by atoms with van der Waals surface area (Å²) in [5, 5.41) is 0. The second-order valence-corrected chi connectivity index (χ2v) is 1.98. The Balaban J connectivity index is 3.61. The number of halogens is 1. The van der Waals surface area contributed by atoms with E-state index in [1.165, 1.54) is 12.6 Å². The van der Waals surface area contributed by atoms with E-state index in [0.29, 0.717) is 6.42 Å². The number of methoxy groups -OCH3 is 1. The molecule has 0 saturated carbocycles. The number of carbonyl (C=O) groups excluding carboxylic acids is 1. The molecule has 0 aliphatic rings. The normalized spacial score (nSPS) is 13.5. The third-order valence-corrected chi connectivity index (χ3v) is 1.16. The van der Waals surface area contributed by atoms with Crippen molar-refractivity contribution in [3.05, 3.63) is 11.6 Å². The Labute approximate surface area is 64.8 Å². The number of esters is 1. The van der Waals surface area contributed by atoms with E-state index in [1.807, 2.05) is 0 Å². The highest BCUT2D eigenvalue weighted by Crippen LogP contribution is 1.93. The second-order valence-electron chi connectivity index (χ2n) is 1.73. The van der Waals surface area contributed by atoms with E-state index in [9.17, 15) is 4.79 Å². The number of rotatable bonds is 3. The minimum atomic E-state index is -0.597. The Hall–Kier alpha value is -0.540. The lowest BCUT2D eigenvalue weighted by Gasteiger charge is -2.04. The predicted octanol–water partition coefficient (Wildman–Crippen LogP) is 0.629. The van der Waals surface area contributed by atoms with Gasteiger partial charge >= 0.3 is 5.97 Å². The summed E-state index contributed by atoms with van der Waals surface area (Å²) in [4.78, 5) is 10.6. The molecule has 0 aliphatic heterocycles. The summed E-state index contributed by atoms with van der Waals surface area (Å²) < 4.78 is 4.37. The van der Waals surface area contributed by atoms with Gasteiger partial charge in [-0.3, -0.25) is 4.79 Å². The third-order valence-electron chi connectivity index (χ3n) is 0.983. The molecule has 2 N–H and O–H groups in total. The van der Waals surface area contributed by atoms with Gasteiger partial charge < -0.3 is 10.5 Å². The summed E-state index contributed by atoms with van der Waals surface area (Å²) in [6, 6.07) is -0.597. The molecule has 0 aromatic rings. The summed E-state index contributed by atoms with van der Waals surface area (Å²) in [5.74, 6) is -0.422. The van der Waals surface area contributed by atoms with Gasteiger partial charge in [-0.15, -0.1) is 0 Å². The van der Waals surface area contributed by atoms with Crippen molar-refractivity contribution in [3.63, 3.8) is 0 Å². The molecule has 0 rings (SSSR count). The van der Waals surface area contributed by atoms with Crippen molar-refractivity contribution in [2.75, 3.05) is 7.11 Å². The molecule has 0 fully saturated rings. The van der Waals surface area contributed by atoms with Gasteiger partial charge in [-0.25, -0.2) is 0 Å². The highest BCUT2D eigenvalue weighted by Gasteiger charge is 2.10. The van der Waals surface area contributed by atoms with Gasteiger partial charge in [0.2, 0.25) is 0 Å². The van der Waals surface area contributed by atoms with Crippen LogP contribution >= 0.6 is 11.6 Å². The van der Waals surface area contributed by atoms with E-state index in [4.69, 9.17) is 17.3 Å². The Kier molecular flexibility index (Phi) is 4.98. The summed E-state index contributed by atoms with van der Waals surface area (Å²) >= 11 is 5.21. The highest BCUT2D eigenvalue weighted by molar-refractivity contribution is 6.25. The van der Waals surface area contributed by atoms with Gasteiger partial charge in [-0.2, -0.15) is 0 Å². The molecular formula is C6H10ClNO2. The van der Waals surface area contributed by atoms with E-state index < -0.39 is 12.0 Å². The average molecular weight is 164 g/mol. The van der Waals surface area contributed by atoms with Crippen molar-refractivity contribution < 1.29 is 9.53 Å². The number of hydrogen-bond acceptors (Lipinski definition) is 3. The Bertz CT molecular complexity index is 136. The maximum atomic E-state index is 10.6. The van der Waals surface area contributed by atoms with Crippen LogP contribution in [0.5, 0.6) is 0 Å². The smallest absolute Gasteiger partial charge is 0.322 e. The molecule has 0 amide bonds. The molecule has 0 aliphatic carbocycles. The zero-order valence-corrected chi connectivity index (χ0v) is 6.47. The van der Waals surface area contributed by atoms with E-state index in [-0.39, 0.29) is 0 Å². The van der Waals surface area contributed by atoms with Crippen LogP contribution in [-0.4, -0.2) is 19.1 Å². The monoisotopic (exact) mass is 163 g/mol. The fraction of sp³-hybridized carbons (Fsp3) is 0.500. The quantitative estimate of drug-likeness (QED) is 0.621. The predicted molar refractivity (Wildman–Crippen MR) is 39.6 cm³/mol. The van der Waals surface area contributed by atoms with Crippen LogP contribution in [0.1, 0.15) is 6.42 Å². The molecule has 0 bridgehead atoms. The number of nitrogens with two attached hydrogens (primary N) is 1. The summed E-state index contributed by atoms with van der Waals surface area (Å²) in [6.07, 6.45) is 2.01. The molecule has 4 heteroatoms. The highest BCUT2D eigenvalue weighted by atomic mass is 35.5. The van der Waals surface area contributed by atoms with Crippen molar-refractivity contribution >= 4 is 17.6 Å². The molecule has 3 nitrogen and oxygen atoms in total. The molecule has 58 valence electrons. The zero-order chi connectivity index (χ0) is 7.98. The molecule has 10 heavy (non-hydrogen) atoms. The Morgan fingerprint density at radius 1 is 1.90 bits per heavy atom. The molecule has 0 spiro atoms. The summed E-state index contributed by atoms with van der Waals surface area (Å²) in [6.45, 7) is 0. The van der Waals surface area contributed by atoms with Crippen molar-refractivity contribution in [1.29, 1.82) is 0 Å². The topological polar surface area (TPSA) is 52.3 Å². The SMILES string of the molecule is COC(=O)C(N)C/C=C/Cl. The van der Waals surface area contributed by atoms with Crippen LogP contribution in [0.25, 0.3) is 0 Å². The summed E-state index contributed by atoms with van der Waals surface area (Å²) in [5.41, 5.74) is 6.65. The van der Waals surface area contributed by atoms with Crippen LogP contribution in [-0.2, 0) is 9.53 Å². The van der Waals surface area contributed by atoms with E-state index >= 15 is 0 Å². The molecule has 0 saturated heterocycles. The number of carbonyl (C=O) groups is 1. The Morgan fingerprint density at radius 2 is 2.50 bits per heavy atom. The van der Waals surface area contributed by atoms with Crippen LogP contribution in [0.15, 0.2) is 11.6 Å². The first-order valence-corrected chi connectivity index (χ1v) is 3.24.